The first-order valence-electron chi connectivity index (χ1n) is 3.95. The van der Waals surface area contributed by atoms with Gasteiger partial charge in [0.05, 0.1) is 0 Å². The van der Waals surface area contributed by atoms with E-state index in [-0.39, 0.29) is 0 Å². The molecule has 0 fully saturated rings. The van der Waals surface area contributed by atoms with Crippen LogP contribution in [0, 0.1) is 6.07 Å². The quantitative estimate of drug-likeness (QED) is 0.597. The van der Waals surface area contributed by atoms with E-state index in [4.69, 9.17) is 0 Å². The van der Waals surface area contributed by atoms with Crippen LogP contribution in [0.1, 0.15) is 0 Å². The average molecular weight is 156 g/mol. The molecule has 0 spiro atoms. The summed E-state index contributed by atoms with van der Waals surface area (Å²) in [6, 6.07) is 13.1. The third-order valence-corrected chi connectivity index (χ3v) is 1.88. The van der Waals surface area contributed by atoms with Gasteiger partial charge in [0.25, 0.3) is 0 Å². The van der Waals surface area contributed by atoms with E-state index in [2.05, 4.69) is 30.5 Å². The summed E-state index contributed by atoms with van der Waals surface area (Å²) < 4.78 is 2.05. The van der Waals surface area contributed by atoms with Gasteiger partial charge in [-0.2, -0.15) is 0 Å². The molecule has 0 aliphatic rings. The van der Waals surface area contributed by atoms with Crippen molar-refractivity contribution in [2.75, 3.05) is 0 Å². The Labute approximate surface area is 72.3 Å². The standard InChI is InChI=1S/C11H10N/c1-12-8-7-11(9-12)10-5-3-2-4-6-10/h3-9H,1H3. The molecule has 0 atom stereocenters. The smallest absolute Gasteiger partial charge is 0.0110 e. The summed E-state index contributed by atoms with van der Waals surface area (Å²) in [5, 5.41) is 0. The van der Waals surface area contributed by atoms with Gasteiger partial charge in [-0.05, 0) is 23.3 Å². The first-order chi connectivity index (χ1) is 5.86. The number of nitrogens with zero attached hydrogens (tertiary/aromatic N) is 1. The Kier molecular flexibility index (Phi) is 1.71. The fourth-order valence-electron chi connectivity index (χ4n) is 1.25. The van der Waals surface area contributed by atoms with Crippen LogP contribution in [0.4, 0.5) is 0 Å². The SMILES string of the molecule is Cn1ccc(-c2cc[c]cc2)c1. The molecule has 0 amide bonds. The molecule has 0 unspecified atom stereocenters. The van der Waals surface area contributed by atoms with Crippen molar-refractivity contribution >= 4 is 0 Å². The van der Waals surface area contributed by atoms with Crippen molar-refractivity contribution in [3.05, 3.63) is 48.8 Å². The van der Waals surface area contributed by atoms with Crippen molar-refractivity contribution in [2.45, 2.75) is 0 Å². The molecule has 2 aromatic rings. The summed E-state index contributed by atoms with van der Waals surface area (Å²) in [6.45, 7) is 0. The minimum Gasteiger partial charge on any atom is -0.357 e. The summed E-state index contributed by atoms with van der Waals surface area (Å²) in [7, 11) is 2.03. The van der Waals surface area contributed by atoms with E-state index < -0.39 is 0 Å². The minimum absolute atomic E-state index is 1.24. The normalized spacial score (nSPS) is 10.1. The Balaban J connectivity index is 2.45. The maximum Gasteiger partial charge on any atom is 0.0110 e. The predicted molar refractivity (Wildman–Crippen MR) is 49.7 cm³/mol. The highest BCUT2D eigenvalue weighted by molar-refractivity contribution is 5.62. The zero-order valence-corrected chi connectivity index (χ0v) is 6.99. The van der Waals surface area contributed by atoms with Crippen molar-refractivity contribution in [1.29, 1.82) is 0 Å². The number of rotatable bonds is 1. The monoisotopic (exact) mass is 156 g/mol. The van der Waals surface area contributed by atoms with Crippen LogP contribution in [0.3, 0.4) is 0 Å². The Morgan fingerprint density at radius 1 is 1.08 bits per heavy atom. The molecule has 1 nitrogen and oxygen atoms in total. The molecule has 1 radical (unpaired) electrons. The van der Waals surface area contributed by atoms with E-state index in [1.807, 2.05) is 29.9 Å². The van der Waals surface area contributed by atoms with E-state index in [0.29, 0.717) is 0 Å². The summed E-state index contributed by atoms with van der Waals surface area (Å²) in [4.78, 5) is 0. The molecule has 1 aromatic carbocycles. The maximum absolute atomic E-state index is 3.00. The highest BCUT2D eigenvalue weighted by Crippen LogP contribution is 2.17. The summed E-state index contributed by atoms with van der Waals surface area (Å²) in [5.41, 5.74) is 2.50. The van der Waals surface area contributed by atoms with Crippen molar-refractivity contribution in [1.82, 2.24) is 4.57 Å². The van der Waals surface area contributed by atoms with Crippen LogP contribution in [-0.4, -0.2) is 4.57 Å². The molecule has 12 heavy (non-hydrogen) atoms. The van der Waals surface area contributed by atoms with E-state index in [1.165, 1.54) is 11.1 Å². The molecule has 0 aliphatic heterocycles. The van der Waals surface area contributed by atoms with Gasteiger partial charge >= 0.3 is 0 Å². The van der Waals surface area contributed by atoms with E-state index in [1.54, 1.807) is 0 Å². The molecular weight excluding hydrogens is 146 g/mol. The molecule has 1 aromatic heterocycles. The van der Waals surface area contributed by atoms with Gasteiger partial charge in [-0.15, -0.1) is 0 Å². The zero-order valence-electron chi connectivity index (χ0n) is 6.99. The third-order valence-electron chi connectivity index (χ3n) is 1.88. The van der Waals surface area contributed by atoms with Crippen LogP contribution in [-0.2, 0) is 7.05 Å². The van der Waals surface area contributed by atoms with Gasteiger partial charge in [0.2, 0.25) is 0 Å². The first kappa shape index (κ1) is 7.17. The fraction of sp³-hybridized carbons (Fsp3) is 0.0909. The first-order valence-corrected chi connectivity index (χ1v) is 3.95. The van der Waals surface area contributed by atoms with Gasteiger partial charge in [-0.3, -0.25) is 0 Å². The lowest BCUT2D eigenvalue weighted by atomic mass is 10.1. The highest BCUT2D eigenvalue weighted by Gasteiger charge is 1.95. The molecule has 0 N–H and O–H groups in total. The third kappa shape index (κ3) is 1.26. The second-order valence-electron chi connectivity index (χ2n) is 2.85. The lowest BCUT2D eigenvalue weighted by molar-refractivity contribution is 0.928. The molecule has 1 heterocycles. The van der Waals surface area contributed by atoms with E-state index in [9.17, 15) is 0 Å². The van der Waals surface area contributed by atoms with Crippen LogP contribution in [0.2, 0.25) is 0 Å². The van der Waals surface area contributed by atoms with Crippen LogP contribution < -0.4 is 0 Å². The lowest BCUT2D eigenvalue weighted by Gasteiger charge is -1.94. The minimum atomic E-state index is 1.24. The number of aryl methyl sites for hydroxylation is 1. The highest BCUT2D eigenvalue weighted by atomic mass is 14.9. The van der Waals surface area contributed by atoms with Crippen LogP contribution in [0.25, 0.3) is 11.1 Å². The summed E-state index contributed by atoms with van der Waals surface area (Å²) >= 11 is 0. The fourth-order valence-corrected chi connectivity index (χ4v) is 1.25. The molecule has 0 saturated carbocycles. The number of hydrogen-bond donors (Lipinski definition) is 0. The van der Waals surface area contributed by atoms with Gasteiger partial charge in [-0.1, -0.05) is 24.3 Å². The summed E-state index contributed by atoms with van der Waals surface area (Å²) in [5.74, 6) is 0. The molecule has 59 valence electrons. The molecular formula is C11H10N. The van der Waals surface area contributed by atoms with Gasteiger partial charge in [0, 0.05) is 19.4 Å². The van der Waals surface area contributed by atoms with Crippen LogP contribution >= 0.6 is 0 Å². The molecule has 0 aliphatic carbocycles. The number of hydrogen-bond acceptors (Lipinski definition) is 0. The molecule has 1 heteroatoms. The topological polar surface area (TPSA) is 4.93 Å². The largest absolute Gasteiger partial charge is 0.357 e. The van der Waals surface area contributed by atoms with Crippen LogP contribution in [0.15, 0.2) is 42.7 Å². The van der Waals surface area contributed by atoms with E-state index >= 15 is 0 Å². The molecule has 2 rings (SSSR count). The van der Waals surface area contributed by atoms with Gasteiger partial charge in [0.15, 0.2) is 0 Å². The molecule has 0 bridgehead atoms. The van der Waals surface area contributed by atoms with E-state index in [0.717, 1.165) is 0 Å². The van der Waals surface area contributed by atoms with Gasteiger partial charge in [0.1, 0.15) is 0 Å². The molecule has 0 saturated heterocycles. The number of aromatic nitrogens is 1. The zero-order chi connectivity index (χ0) is 8.39. The van der Waals surface area contributed by atoms with Gasteiger partial charge < -0.3 is 4.57 Å². The second-order valence-corrected chi connectivity index (χ2v) is 2.85. The van der Waals surface area contributed by atoms with Gasteiger partial charge in [-0.25, -0.2) is 0 Å². The van der Waals surface area contributed by atoms with Crippen LogP contribution in [0.5, 0.6) is 0 Å². The summed E-state index contributed by atoms with van der Waals surface area (Å²) in [6.07, 6.45) is 4.15. The number of benzene rings is 1. The Bertz CT molecular complexity index is 360. The second kappa shape index (κ2) is 2.86. The van der Waals surface area contributed by atoms with Crippen molar-refractivity contribution in [2.24, 2.45) is 7.05 Å². The Hall–Kier alpha value is -1.50. The lowest BCUT2D eigenvalue weighted by Crippen LogP contribution is -1.78. The van der Waals surface area contributed by atoms with Crippen molar-refractivity contribution in [3.63, 3.8) is 0 Å². The Morgan fingerprint density at radius 2 is 1.83 bits per heavy atom. The Morgan fingerprint density at radius 3 is 2.42 bits per heavy atom. The van der Waals surface area contributed by atoms with Crippen molar-refractivity contribution in [3.8, 4) is 11.1 Å². The average Bonchev–Trinajstić information content (AvgIpc) is 2.54. The van der Waals surface area contributed by atoms with Crippen molar-refractivity contribution < 1.29 is 0 Å². The predicted octanol–water partition coefficient (Wildman–Crippen LogP) is 2.49. The maximum atomic E-state index is 3.00.